The molecule has 0 spiro atoms. The molecule has 3 aromatic heterocycles. The summed E-state index contributed by atoms with van der Waals surface area (Å²) in [5.41, 5.74) is 36.9. The Morgan fingerprint density at radius 3 is 1.10 bits per heavy atom. The molecule has 15 aromatic rings. The van der Waals surface area contributed by atoms with Gasteiger partial charge in [0, 0.05) is 93.1 Å². The molecular formula is C88H67NO3. The van der Waals surface area contributed by atoms with Gasteiger partial charge in [-0.05, 0) is 173 Å². The third-order valence-corrected chi connectivity index (χ3v) is 23.2. The molecule has 12 aromatic carbocycles. The smallest absolute Gasteiger partial charge is 0.144 e. The lowest BCUT2D eigenvalue weighted by molar-refractivity contribution is 0.600. The molecular weight excluding hydrogens is 1120 g/mol. The predicted molar refractivity (Wildman–Crippen MR) is 381 cm³/mol. The van der Waals surface area contributed by atoms with E-state index >= 15 is 0 Å². The van der Waals surface area contributed by atoms with Crippen LogP contribution in [0, 0.1) is 6.92 Å². The zero-order valence-electron chi connectivity index (χ0n) is 53.8. The van der Waals surface area contributed by atoms with E-state index in [9.17, 15) is 0 Å². The van der Waals surface area contributed by atoms with Crippen molar-refractivity contribution in [1.82, 2.24) is 0 Å². The van der Waals surface area contributed by atoms with E-state index < -0.39 is 10.8 Å². The first-order valence-corrected chi connectivity index (χ1v) is 32.9. The molecule has 5 aliphatic carbocycles. The second-order valence-corrected chi connectivity index (χ2v) is 29.9. The van der Waals surface area contributed by atoms with Crippen LogP contribution < -0.4 is 4.90 Å². The highest BCUT2D eigenvalue weighted by molar-refractivity contribution is 6.23. The maximum Gasteiger partial charge on any atom is 0.144 e. The van der Waals surface area contributed by atoms with Crippen molar-refractivity contribution in [2.24, 2.45) is 0 Å². The lowest BCUT2D eigenvalue weighted by Gasteiger charge is -2.33. The third kappa shape index (κ3) is 6.25. The van der Waals surface area contributed by atoms with Gasteiger partial charge in [-0.2, -0.15) is 0 Å². The molecule has 0 bridgehead atoms. The van der Waals surface area contributed by atoms with Crippen LogP contribution in [0.4, 0.5) is 17.1 Å². The van der Waals surface area contributed by atoms with E-state index in [1.165, 1.54) is 138 Å². The molecule has 0 atom stereocenters. The summed E-state index contributed by atoms with van der Waals surface area (Å²) in [5.74, 6) is 0. The maximum absolute atomic E-state index is 7.21. The normalized spacial score (nSPS) is 16.4. The van der Waals surface area contributed by atoms with E-state index in [-0.39, 0.29) is 16.2 Å². The van der Waals surface area contributed by atoms with Crippen LogP contribution in [0.2, 0.25) is 0 Å². The molecule has 0 radical (unpaired) electrons. The van der Waals surface area contributed by atoms with E-state index in [0.717, 1.165) is 72.5 Å². The largest absolute Gasteiger partial charge is 0.455 e. The summed E-state index contributed by atoms with van der Waals surface area (Å²) in [5, 5.41) is 7.07. The number of anilines is 3. The van der Waals surface area contributed by atoms with Crippen molar-refractivity contribution >= 4 is 82.9 Å². The number of hydrogen-bond donors (Lipinski definition) is 0. The van der Waals surface area contributed by atoms with Gasteiger partial charge in [0.05, 0.1) is 0 Å². The first kappa shape index (κ1) is 52.6. The topological polar surface area (TPSA) is 42.7 Å². The van der Waals surface area contributed by atoms with Crippen LogP contribution in [0.3, 0.4) is 0 Å². The Hall–Kier alpha value is -10.2. The second-order valence-electron chi connectivity index (χ2n) is 29.9. The zero-order chi connectivity index (χ0) is 62.2. The SMILES string of the molecule is Cc1ccc(-c2cc3c(c4c2oc2ccccc24)-c2ccc(N(c4ccc5c(c4)C(C)(C)c4c6c(c7c(oc8ccccc87)c4-5)-c4ccccc4C6(C)C)c4ccc5c(c4)C(C)(C)c4c6c(c7oc8ccccc8c7c4-5)-c4ccccc4C6(C)C)cc2C3(C)C)cc1. The van der Waals surface area contributed by atoms with Crippen molar-refractivity contribution in [2.45, 2.75) is 103 Å². The van der Waals surface area contributed by atoms with Crippen LogP contribution in [0.25, 0.3) is 133 Å². The Labute approximate surface area is 535 Å². The van der Waals surface area contributed by atoms with E-state index in [4.69, 9.17) is 13.3 Å². The molecule has 0 saturated heterocycles. The number of benzene rings is 12. The lowest BCUT2D eigenvalue weighted by Crippen LogP contribution is -2.24. The monoisotopic (exact) mass is 1190 g/mol. The number of nitrogens with zero attached hydrogens (tertiary/aromatic N) is 1. The van der Waals surface area contributed by atoms with Gasteiger partial charge >= 0.3 is 0 Å². The van der Waals surface area contributed by atoms with Gasteiger partial charge in [0.1, 0.15) is 33.5 Å². The highest BCUT2D eigenvalue weighted by atomic mass is 16.3. The minimum Gasteiger partial charge on any atom is -0.455 e. The van der Waals surface area contributed by atoms with Crippen LogP contribution in [0.5, 0.6) is 0 Å². The summed E-state index contributed by atoms with van der Waals surface area (Å²) >= 11 is 0. The minimum atomic E-state index is -0.413. The quantitative estimate of drug-likeness (QED) is 0.176. The maximum atomic E-state index is 7.21. The predicted octanol–water partition coefficient (Wildman–Crippen LogP) is 24.4. The molecule has 0 fully saturated rings. The summed E-state index contributed by atoms with van der Waals surface area (Å²) in [6.07, 6.45) is 0. The first-order valence-electron chi connectivity index (χ1n) is 32.9. The van der Waals surface area contributed by atoms with E-state index in [2.05, 4.69) is 287 Å². The molecule has 5 aliphatic rings. The van der Waals surface area contributed by atoms with Gasteiger partial charge in [0.2, 0.25) is 0 Å². The number of rotatable bonds is 4. The molecule has 0 saturated carbocycles. The van der Waals surface area contributed by atoms with E-state index in [0.29, 0.717) is 0 Å². The first-order chi connectivity index (χ1) is 44.3. The Morgan fingerprint density at radius 1 is 0.272 bits per heavy atom. The van der Waals surface area contributed by atoms with Gasteiger partial charge in [-0.15, -0.1) is 0 Å². The summed E-state index contributed by atoms with van der Waals surface area (Å²) < 4.78 is 21.3. The number of hydrogen-bond acceptors (Lipinski definition) is 4. The van der Waals surface area contributed by atoms with Crippen molar-refractivity contribution in [2.75, 3.05) is 4.90 Å². The number of para-hydroxylation sites is 3. The molecule has 4 heteroatoms. The number of aryl methyl sites for hydroxylation is 1. The Balaban J connectivity index is 0.836. The Kier molecular flexibility index (Phi) is 9.75. The van der Waals surface area contributed by atoms with Crippen LogP contribution in [-0.2, 0) is 27.1 Å². The molecule has 0 amide bonds. The lowest BCUT2D eigenvalue weighted by atomic mass is 9.72. The fourth-order valence-electron chi connectivity index (χ4n) is 18.9. The van der Waals surface area contributed by atoms with E-state index in [1.807, 2.05) is 0 Å². The molecule has 442 valence electrons. The summed E-state index contributed by atoms with van der Waals surface area (Å²) in [6, 6.07) is 77.6. The van der Waals surface area contributed by atoms with Crippen molar-refractivity contribution in [1.29, 1.82) is 0 Å². The van der Waals surface area contributed by atoms with Crippen LogP contribution >= 0.6 is 0 Å². The molecule has 0 aliphatic heterocycles. The van der Waals surface area contributed by atoms with Gasteiger partial charge < -0.3 is 18.2 Å². The van der Waals surface area contributed by atoms with Crippen LogP contribution in [-0.4, -0.2) is 0 Å². The fourth-order valence-corrected chi connectivity index (χ4v) is 18.9. The standard InChI is InChI=1S/C88H67NO3/c1-46-32-34-47(35-33-46)59-45-65-69(72-56-24-14-19-29-66(56)90-81(59)72)53-39-36-48(42-62(53)84(65,2)3)89(49-37-40-54-63(43-49)87(8,9)78-71(54)74-58-26-16-21-31-68(58)91-82(74)75-52-23-13-18-28-61(52)86(6,7)79(75)78)50-38-41-55-64(44-50)88(10,11)80-76(55)83-73(57-25-15-20-30-67(57)92-83)70-51-22-12-17-27-60(51)85(4,5)77(70)80/h12-45H,1-11H3. The summed E-state index contributed by atoms with van der Waals surface area (Å²) in [6.45, 7) is 26.6. The highest BCUT2D eigenvalue weighted by Crippen LogP contribution is 2.67. The third-order valence-electron chi connectivity index (χ3n) is 23.2. The van der Waals surface area contributed by atoms with Crippen LogP contribution in [0.1, 0.15) is 130 Å². The molecule has 92 heavy (non-hydrogen) atoms. The molecule has 0 N–H and O–H groups in total. The van der Waals surface area contributed by atoms with Crippen molar-refractivity contribution in [3.05, 3.63) is 267 Å². The Morgan fingerprint density at radius 2 is 0.620 bits per heavy atom. The Bertz CT molecular complexity index is 5920. The van der Waals surface area contributed by atoms with E-state index in [1.54, 1.807) is 0 Å². The van der Waals surface area contributed by atoms with Crippen molar-refractivity contribution in [3.8, 4) is 66.8 Å². The molecule has 3 heterocycles. The van der Waals surface area contributed by atoms with Crippen LogP contribution in [0.15, 0.2) is 220 Å². The summed E-state index contributed by atoms with van der Waals surface area (Å²) in [4.78, 5) is 2.58. The minimum absolute atomic E-state index is 0.262. The number of fused-ring (bicyclic) bond motifs is 31. The average Bonchev–Trinajstić information content (AvgIpc) is 1.51. The van der Waals surface area contributed by atoms with Gasteiger partial charge in [-0.1, -0.05) is 220 Å². The van der Waals surface area contributed by atoms with Gasteiger partial charge in [0.15, 0.2) is 0 Å². The van der Waals surface area contributed by atoms with Crippen molar-refractivity contribution < 1.29 is 13.3 Å². The van der Waals surface area contributed by atoms with Crippen molar-refractivity contribution in [3.63, 3.8) is 0 Å². The zero-order valence-corrected chi connectivity index (χ0v) is 53.8. The molecule has 0 unspecified atom stereocenters. The van der Waals surface area contributed by atoms with Gasteiger partial charge in [-0.25, -0.2) is 0 Å². The molecule has 20 rings (SSSR count). The highest BCUT2D eigenvalue weighted by Gasteiger charge is 2.51. The molecule has 4 nitrogen and oxygen atoms in total. The number of furan rings is 3. The summed E-state index contributed by atoms with van der Waals surface area (Å²) in [7, 11) is 0. The van der Waals surface area contributed by atoms with Gasteiger partial charge in [0.25, 0.3) is 0 Å². The van der Waals surface area contributed by atoms with Gasteiger partial charge in [-0.3, -0.25) is 0 Å². The average molecular weight is 1190 g/mol. The fraction of sp³-hybridized carbons (Fsp3) is 0.182. The second kappa shape index (κ2) is 17.1.